The quantitative estimate of drug-likeness (QED) is 0.640. The third-order valence-electron chi connectivity index (χ3n) is 4.65. The molecule has 0 bridgehead atoms. The molecule has 2 heterocycles. The van der Waals surface area contributed by atoms with Crippen LogP contribution >= 0.6 is 15.9 Å². The maximum absolute atomic E-state index is 12.4. The smallest absolute Gasteiger partial charge is 0.291 e. The van der Waals surface area contributed by atoms with E-state index in [0.717, 1.165) is 15.6 Å². The van der Waals surface area contributed by atoms with Crippen LogP contribution in [0.1, 0.15) is 41.9 Å². The summed E-state index contributed by atoms with van der Waals surface area (Å²) in [5.74, 6) is 0.813. The molecule has 0 radical (unpaired) electrons. The number of hydrogen-bond acceptors (Lipinski definition) is 4. The zero-order chi connectivity index (χ0) is 19.6. The highest BCUT2D eigenvalue weighted by Gasteiger charge is 2.28. The van der Waals surface area contributed by atoms with E-state index in [0.29, 0.717) is 29.9 Å². The van der Waals surface area contributed by atoms with Crippen molar-refractivity contribution in [3.05, 3.63) is 78.6 Å². The topological polar surface area (TPSA) is 48.7 Å². The lowest BCUT2D eigenvalue weighted by atomic mass is 10.0. The summed E-state index contributed by atoms with van der Waals surface area (Å²) in [5.41, 5.74) is 4.49. The van der Waals surface area contributed by atoms with Crippen molar-refractivity contribution in [2.75, 3.05) is 13.7 Å². The van der Waals surface area contributed by atoms with Crippen molar-refractivity contribution < 1.29 is 13.9 Å². The van der Waals surface area contributed by atoms with E-state index < -0.39 is 0 Å². The molecule has 3 rings (SSSR count). The second kappa shape index (κ2) is 8.28. The molecule has 142 valence electrons. The molecule has 1 saturated heterocycles. The van der Waals surface area contributed by atoms with Gasteiger partial charge in [-0.1, -0.05) is 45.8 Å². The van der Waals surface area contributed by atoms with Gasteiger partial charge in [-0.25, -0.2) is 0 Å². The lowest BCUT2D eigenvalue weighted by Gasteiger charge is -2.13. The molecule has 0 amide bonds. The minimum absolute atomic E-state index is 0.0551. The summed E-state index contributed by atoms with van der Waals surface area (Å²) in [6.07, 6.45) is 4.70. The Morgan fingerprint density at radius 1 is 1.22 bits per heavy atom. The monoisotopic (exact) mass is 430 g/mol. The fourth-order valence-corrected chi connectivity index (χ4v) is 3.52. The van der Waals surface area contributed by atoms with Crippen molar-refractivity contribution >= 4 is 22.0 Å². The number of ether oxygens (including phenoxy) is 2. The second-order valence-corrected chi connectivity index (χ2v) is 7.70. The van der Waals surface area contributed by atoms with Gasteiger partial charge in [0.2, 0.25) is 0 Å². The van der Waals surface area contributed by atoms with E-state index in [4.69, 9.17) is 13.9 Å². The fourth-order valence-electron chi connectivity index (χ4n) is 3.26. The Hall–Kier alpha value is -2.11. The van der Waals surface area contributed by atoms with Crippen LogP contribution in [0.5, 0.6) is 5.95 Å². The van der Waals surface area contributed by atoms with Gasteiger partial charge in [-0.2, -0.15) is 0 Å². The Morgan fingerprint density at radius 3 is 2.59 bits per heavy atom. The van der Waals surface area contributed by atoms with Crippen molar-refractivity contribution in [3.8, 4) is 5.95 Å². The second-order valence-electron chi connectivity index (χ2n) is 6.78. The van der Waals surface area contributed by atoms with Crippen LogP contribution in [0.25, 0.3) is 6.08 Å². The summed E-state index contributed by atoms with van der Waals surface area (Å²) in [6, 6.07) is 8.18. The lowest BCUT2D eigenvalue weighted by molar-refractivity contribution is 0.0880. The maximum atomic E-state index is 12.4. The van der Waals surface area contributed by atoms with Crippen molar-refractivity contribution in [2.45, 2.75) is 33.3 Å². The van der Waals surface area contributed by atoms with Crippen LogP contribution in [0, 0.1) is 13.8 Å². The highest BCUT2D eigenvalue weighted by molar-refractivity contribution is 9.10. The summed E-state index contributed by atoms with van der Waals surface area (Å²) in [6.45, 7) is 6.08. The molecule has 1 aliphatic heterocycles. The van der Waals surface area contributed by atoms with Crippen molar-refractivity contribution in [1.29, 1.82) is 0 Å². The van der Waals surface area contributed by atoms with Crippen LogP contribution in [-0.4, -0.2) is 13.7 Å². The van der Waals surface area contributed by atoms with Crippen LogP contribution in [0.3, 0.4) is 0 Å². The maximum Gasteiger partial charge on any atom is 0.291 e. The molecule has 2 aromatic rings. The van der Waals surface area contributed by atoms with E-state index >= 15 is 0 Å². The molecule has 1 aromatic carbocycles. The van der Waals surface area contributed by atoms with E-state index in [9.17, 15) is 4.79 Å². The van der Waals surface area contributed by atoms with Crippen LogP contribution in [0.4, 0.5) is 0 Å². The van der Waals surface area contributed by atoms with Crippen LogP contribution in [0.2, 0.25) is 0 Å². The number of halogens is 1. The number of allylic oxidation sites excluding steroid dienone is 2. The van der Waals surface area contributed by atoms with Gasteiger partial charge in [0.1, 0.15) is 11.9 Å². The summed E-state index contributed by atoms with van der Waals surface area (Å²) >= 11 is 3.45. The molecular weight excluding hydrogens is 408 g/mol. The average Bonchev–Trinajstić information content (AvgIpc) is 3.10. The molecule has 0 saturated carbocycles. The van der Waals surface area contributed by atoms with E-state index in [1.54, 1.807) is 13.8 Å². The van der Waals surface area contributed by atoms with Gasteiger partial charge in [-0.05, 0) is 44.0 Å². The predicted octanol–water partition coefficient (Wildman–Crippen LogP) is 5.52. The first-order valence-electron chi connectivity index (χ1n) is 8.82. The van der Waals surface area contributed by atoms with Gasteiger partial charge in [-0.15, -0.1) is 0 Å². The SMILES string of the molecule is COc1oc(C2C/C(=C/C(C)=C/c3ccc(Br)cc3)CO2)c(C)c(=O)c1C. The minimum atomic E-state index is -0.265. The molecule has 1 aliphatic rings. The number of hydrogen-bond donors (Lipinski definition) is 0. The zero-order valence-electron chi connectivity index (χ0n) is 16.0. The first kappa shape index (κ1) is 19.6. The third kappa shape index (κ3) is 4.42. The van der Waals surface area contributed by atoms with Crippen LogP contribution in [-0.2, 0) is 4.74 Å². The standard InChI is InChI=1S/C22H23BrO4/c1-13(9-16-5-7-18(23)8-6-16)10-17-11-19(26-12-17)21-14(2)20(24)15(3)22(25-4)27-21/h5-10,19H,11-12H2,1-4H3/b13-9+,17-10-. The van der Waals surface area contributed by atoms with Gasteiger partial charge in [0.05, 0.1) is 19.3 Å². The molecule has 1 atom stereocenters. The van der Waals surface area contributed by atoms with E-state index in [1.165, 1.54) is 12.7 Å². The molecule has 0 N–H and O–H groups in total. The Kier molecular flexibility index (Phi) is 6.02. The first-order chi connectivity index (χ1) is 12.9. The molecule has 27 heavy (non-hydrogen) atoms. The summed E-state index contributed by atoms with van der Waals surface area (Å²) in [4.78, 5) is 12.4. The highest BCUT2D eigenvalue weighted by Crippen LogP contribution is 2.35. The van der Waals surface area contributed by atoms with Crippen molar-refractivity contribution in [3.63, 3.8) is 0 Å². The zero-order valence-corrected chi connectivity index (χ0v) is 17.6. The Bertz CT molecular complexity index is 952. The summed E-state index contributed by atoms with van der Waals surface area (Å²) in [7, 11) is 1.50. The van der Waals surface area contributed by atoms with Crippen LogP contribution < -0.4 is 10.2 Å². The highest BCUT2D eigenvalue weighted by atomic mass is 79.9. The molecule has 4 nitrogen and oxygen atoms in total. The van der Waals surface area contributed by atoms with Gasteiger partial charge in [0.15, 0.2) is 5.43 Å². The molecular formula is C22H23BrO4. The van der Waals surface area contributed by atoms with Crippen molar-refractivity contribution in [1.82, 2.24) is 0 Å². The van der Waals surface area contributed by atoms with Gasteiger partial charge < -0.3 is 13.9 Å². The Balaban J connectivity index is 1.81. The molecule has 1 fully saturated rings. The predicted molar refractivity (Wildman–Crippen MR) is 110 cm³/mol. The fraction of sp³-hybridized carbons (Fsp3) is 0.318. The largest absolute Gasteiger partial charge is 0.468 e. The van der Waals surface area contributed by atoms with E-state index in [1.807, 2.05) is 12.1 Å². The molecule has 1 unspecified atom stereocenters. The van der Waals surface area contributed by atoms with Crippen LogP contribution in [0.15, 0.2) is 55.2 Å². The Morgan fingerprint density at radius 2 is 1.93 bits per heavy atom. The van der Waals surface area contributed by atoms with Gasteiger partial charge in [-0.3, -0.25) is 4.79 Å². The van der Waals surface area contributed by atoms with Gasteiger partial charge in [0, 0.05) is 16.5 Å². The van der Waals surface area contributed by atoms with Crippen molar-refractivity contribution in [2.24, 2.45) is 0 Å². The summed E-state index contributed by atoms with van der Waals surface area (Å²) < 4.78 is 18.0. The molecule has 0 aliphatic carbocycles. The summed E-state index contributed by atoms with van der Waals surface area (Å²) in [5, 5.41) is 0. The molecule has 0 spiro atoms. The minimum Gasteiger partial charge on any atom is -0.468 e. The number of benzene rings is 1. The normalized spacial score (nSPS) is 18.9. The number of methoxy groups -OCH3 is 1. The number of rotatable bonds is 4. The lowest BCUT2D eigenvalue weighted by Crippen LogP contribution is -2.15. The van der Waals surface area contributed by atoms with Gasteiger partial charge in [0.25, 0.3) is 5.95 Å². The average molecular weight is 431 g/mol. The third-order valence-corrected chi connectivity index (χ3v) is 5.18. The molecule has 5 heteroatoms. The van der Waals surface area contributed by atoms with E-state index in [2.05, 4.69) is 47.1 Å². The first-order valence-corrected chi connectivity index (χ1v) is 9.61. The molecule has 1 aromatic heterocycles. The Labute approximate surface area is 167 Å². The van der Waals surface area contributed by atoms with E-state index in [-0.39, 0.29) is 17.5 Å². The van der Waals surface area contributed by atoms with Gasteiger partial charge >= 0.3 is 0 Å².